The second-order valence-electron chi connectivity index (χ2n) is 10.6. The van der Waals surface area contributed by atoms with E-state index < -0.39 is 23.3 Å². The van der Waals surface area contributed by atoms with Gasteiger partial charge < -0.3 is 5.32 Å². The first-order valence-electron chi connectivity index (χ1n) is 13.6. The average Bonchev–Trinajstić information content (AvgIpc) is 3.14. The molecule has 0 aromatic carbocycles. The maximum absolute atomic E-state index is 13.4. The summed E-state index contributed by atoms with van der Waals surface area (Å²) in [6, 6.07) is 2.87. The number of aromatic nitrogens is 4. The van der Waals surface area contributed by atoms with Crippen LogP contribution in [0.25, 0.3) is 11.0 Å². The number of unbranched alkanes of at least 4 members (excludes halogenated alkanes) is 2. The minimum Gasteiger partial charge on any atom is -0.349 e. The van der Waals surface area contributed by atoms with Crippen molar-refractivity contribution in [3.05, 3.63) is 58.0 Å². The van der Waals surface area contributed by atoms with E-state index in [4.69, 9.17) is 11.6 Å². The quantitative estimate of drug-likeness (QED) is 0.238. The lowest BCUT2D eigenvalue weighted by molar-refractivity contribution is -0.141. The summed E-state index contributed by atoms with van der Waals surface area (Å²) in [4.78, 5) is 33.8. The van der Waals surface area contributed by atoms with E-state index >= 15 is 0 Å². The number of aryl methyl sites for hydroxylation is 2. The molecule has 1 atom stereocenters. The lowest BCUT2D eigenvalue weighted by atomic mass is 9.85. The standard InChI is InChI=1S/C28H35ClF3N5O2/c1-18-14-22(25(34-15-18)28(30,31)32)26(38)35-21-9-7-20(8-10-21)17-37-24-16-33-12-11-23(24)36(27(37)39)13-5-3-4-6-19(2)29/h11-12,14-16,19-21H,3-10,13,17H2,1-2H3,(H,35,38). The third-order valence-electron chi connectivity index (χ3n) is 7.47. The third kappa shape index (κ3) is 7.21. The Kier molecular flexibility index (Phi) is 9.35. The molecule has 1 amide bonds. The number of fused-ring (bicyclic) bond motifs is 1. The van der Waals surface area contributed by atoms with Crippen LogP contribution in [0.1, 0.15) is 79.9 Å². The van der Waals surface area contributed by atoms with E-state index in [0.717, 1.165) is 55.8 Å². The molecule has 1 aliphatic rings. The van der Waals surface area contributed by atoms with Crippen LogP contribution in [-0.2, 0) is 19.3 Å². The smallest absolute Gasteiger partial charge is 0.349 e. The number of halogens is 4. The molecule has 0 saturated heterocycles. The Bertz CT molecular complexity index is 1340. The number of amides is 1. The first-order chi connectivity index (χ1) is 18.5. The zero-order valence-electron chi connectivity index (χ0n) is 22.3. The molecule has 7 nitrogen and oxygen atoms in total. The minimum atomic E-state index is -4.71. The van der Waals surface area contributed by atoms with Gasteiger partial charge in [-0.2, -0.15) is 13.2 Å². The van der Waals surface area contributed by atoms with Gasteiger partial charge in [-0.1, -0.05) is 12.8 Å². The van der Waals surface area contributed by atoms with Crippen molar-refractivity contribution in [2.75, 3.05) is 0 Å². The van der Waals surface area contributed by atoms with E-state index in [9.17, 15) is 22.8 Å². The summed E-state index contributed by atoms with van der Waals surface area (Å²) >= 11 is 6.03. The van der Waals surface area contributed by atoms with Crippen molar-refractivity contribution in [1.29, 1.82) is 0 Å². The zero-order valence-corrected chi connectivity index (χ0v) is 23.1. The Morgan fingerprint density at radius 1 is 1.13 bits per heavy atom. The number of carbonyl (C=O) groups excluding carboxylic acids is 1. The van der Waals surface area contributed by atoms with Crippen molar-refractivity contribution < 1.29 is 18.0 Å². The predicted molar refractivity (Wildman–Crippen MR) is 145 cm³/mol. The van der Waals surface area contributed by atoms with Crippen LogP contribution in [-0.4, -0.2) is 36.4 Å². The van der Waals surface area contributed by atoms with Gasteiger partial charge in [0.05, 0.1) is 22.8 Å². The van der Waals surface area contributed by atoms with Crippen LogP contribution < -0.4 is 11.0 Å². The molecule has 1 saturated carbocycles. The van der Waals surface area contributed by atoms with Crippen molar-refractivity contribution in [2.45, 2.75) is 95.9 Å². The highest BCUT2D eigenvalue weighted by Gasteiger charge is 2.37. The van der Waals surface area contributed by atoms with Gasteiger partial charge in [0.15, 0.2) is 5.69 Å². The Balaban J connectivity index is 1.38. The molecule has 3 aromatic rings. The topological polar surface area (TPSA) is 81.8 Å². The number of imidazole rings is 1. The third-order valence-corrected chi connectivity index (χ3v) is 7.68. The SMILES string of the molecule is Cc1cnc(C(F)(F)F)c(C(=O)NC2CCC(Cn3c(=O)n(CCCCCC(C)Cl)c4ccncc43)CC2)c1. The zero-order chi connectivity index (χ0) is 28.2. The molecule has 11 heteroatoms. The highest BCUT2D eigenvalue weighted by molar-refractivity contribution is 6.20. The summed E-state index contributed by atoms with van der Waals surface area (Å²) in [5, 5.41) is 2.93. The minimum absolute atomic E-state index is 0.0502. The Morgan fingerprint density at radius 3 is 2.56 bits per heavy atom. The van der Waals surface area contributed by atoms with E-state index in [2.05, 4.69) is 15.3 Å². The van der Waals surface area contributed by atoms with Gasteiger partial charge in [-0.25, -0.2) is 4.79 Å². The highest BCUT2D eigenvalue weighted by Crippen LogP contribution is 2.31. The molecule has 1 unspecified atom stereocenters. The number of carbonyl (C=O) groups is 1. The molecule has 39 heavy (non-hydrogen) atoms. The van der Waals surface area contributed by atoms with Crippen LogP contribution in [0.4, 0.5) is 13.2 Å². The molecule has 0 radical (unpaired) electrons. The van der Waals surface area contributed by atoms with E-state index in [-0.39, 0.29) is 23.0 Å². The summed E-state index contributed by atoms with van der Waals surface area (Å²) in [5.74, 6) is -0.542. The molecular formula is C28H35ClF3N5O2. The average molecular weight is 566 g/mol. The fraction of sp³-hybridized carbons (Fsp3) is 0.571. The van der Waals surface area contributed by atoms with Gasteiger partial charge in [0, 0.05) is 36.9 Å². The summed E-state index contributed by atoms with van der Waals surface area (Å²) in [6.07, 6.45) is 6.45. The second kappa shape index (κ2) is 12.5. The number of rotatable bonds is 10. The van der Waals surface area contributed by atoms with Crippen molar-refractivity contribution in [3.8, 4) is 0 Å². The summed E-state index contributed by atoms with van der Waals surface area (Å²) in [5.41, 5.74) is 0.491. The van der Waals surface area contributed by atoms with Crippen LogP contribution in [0, 0.1) is 12.8 Å². The van der Waals surface area contributed by atoms with Gasteiger partial charge in [-0.05, 0) is 76.0 Å². The number of alkyl halides is 4. The number of pyridine rings is 2. The van der Waals surface area contributed by atoms with Crippen LogP contribution in [0.3, 0.4) is 0 Å². The molecule has 0 spiro atoms. The molecule has 1 fully saturated rings. The Labute approximate surface area is 230 Å². The summed E-state index contributed by atoms with van der Waals surface area (Å²) < 4.78 is 43.7. The van der Waals surface area contributed by atoms with E-state index in [0.29, 0.717) is 31.5 Å². The highest BCUT2D eigenvalue weighted by atomic mass is 35.5. The fourth-order valence-corrected chi connectivity index (χ4v) is 5.56. The molecule has 212 valence electrons. The number of nitrogens with zero attached hydrogens (tertiary/aromatic N) is 4. The molecule has 0 bridgehead atoms. The van der Waals surface area contributed by atoms with E-state index in [1.807, 2.05) is 17.6 Å². The normalized spacial score (nSPS) is 18.8. The predicted octanol–water partition coefficient (Wildman–Crippen LogP) is 6.10. The van der Waals surface area contributed by atoms with Crippen molar-refractivity contribution >= 4 is 28.5 Å². The fourth-order valence-electron chi connectivity index (χ4n) is 5.41. The van der Waals surface area contributed by atoms with Gasteiger partial charge in [0.2, 0.25) is 0 Å². The lowest BCUT2D eigenvalue weighted by Crippen LogP contribution is -2.39. The Hall–Kier alpha value is -2.88. The first kappa shape index (κ1) is 29.1. The molecular weight excluding hydrogens is 531 g/mol. The van der Waals surface area contributed by atoms with Gasteiger partial charge in [0.25, 0.3) is 5.91 Å². The lowest BCUT2D eigenvalue weighted by Gasteiger charge is -2.29. The Morgan fingerprint density at radius 2 is 1.87 bits per heavy atom. The molecule has 3 aromatic heterocycles. The largest absolute Gasteiger partial charge is 0.434 e. The molecule has 1 N–H and O–H groups in total. The van der Waals surface area contributed by atoms with Crippen LogP contribution in [0.5, 0.6) is 0 Å². The number of hydrogen-bond donors (Lipinski definition) is 1. The van der Waals surface area contributed by atoms with Gasteiger partial charge in [-0.3, -0.25) is 23.9 Å². The molecule has 3 heterocycles. The molecule has 4 rings (SSSR count). The van der Waals surface area contributed by atoms with Gasteiger partial charge in [-0.15, -0.1) is 11.6 Å². The van der Waals surface area contributed by atoms with Crippen molar-refractivity contribution in [2.24, 2.45) is 5.92 Å². The number of hydrogen-bond acceptors (Lipinski definition) is 4. The summed E-state index contributed by atoms with van der Waals surface area (Å²) in [7, 11) is 0. The van der Waals surface area contributed by atoms with E-state index in [1.165, 1.54) is 6.07 Å². The monoisotopic (exact) mass is 565 g/mol. The van der Waals surface area contributed by atoms with Crippen LogP contribution in [0.15, 0.2) is 35.5 Å². The van der Waals surface area contributed by atoms with E-state index in [1.54, 1.807) is 23.9 Å². The van der Waals surface area contributed by atoms with Gasteiger partial charge >= 0.3 is 11.9 Å². The summed E-state index contributed by atoms with van der Waals surface area (Å²) in [6.45, 7) is 4.76. The maximum atomic E-state index is 13.4. The van der Waals surface area contributed by atoms with Crippen LogP contribution >= 0.6 is 11.6 Å². The second-order valence-corrected chi connectivity index (χ2v) is 11.4. The molecule has 0 aliphatic heterocycles. The van der Waals surface area contributed by atoms with Crippen molar-refractivity contribution in [1.82, 2.24) is 24.4 Å². The van der Waals surface area contributed by atoms with Gasteiger partial charge in [0.1, 0.15) is 0 Å². The van der Waals surface area contributed by atoms with Crippen molar-refractivity contribution in [3.63, 3.8) is 0 Å². The number of nitrogens with one attached hydrogen (secondary N) is 1. The molecule has 1 aliphatic carbocycles. The first-order valence-corrected chi connectivity index (χ1v) is 14.0. The maximum Gasteiger partial charge on any atom is 0.434 e. The van der Waals surface area contributed by atoms with Crippen LogP contribution in [0.2, 0.25) is 0 Å².